The molecule has 3 nitrogen and oxygen atoms in total. The molecule has 3 rings (SSSR count). The highest BCUT2D eigenvalue weighted by Crippen LogP contribution is 2.19. The minimum absolute atomic E-state index is 0.0477. The van der Waals surface area contributed by atoms with E-state index in [1.54, 1.807) is 24.2 Å². The molecule has 0 aliphatic carbocycles. The van der Waals surface area contributed by atoms with Crippen LogP contribution in [0.15, 0.2) is 78.0 Å². The zero-order valence-electron chi connectivity index (χ0n) is 14.8. The number of amides is 1. The van der Waals surface area contributed by atoms with Gasteiger partial charge in [0.15, 0.2) is 0 Å². The standard InChI is InChI=1S/C22H22N2OS/c1-17-2-8-21(9-3-17)26-15-12-22(25)24-20-6-4-18(5-7-20)16-19-10-13-23-14-11-19/h2-11,13-14H,12,15-16H2,1H3,(H,24,25). The summed E-state index contributed by atoms with van der Waals surface area (Å²) in [6.45, 7) is 2.07. The van der Waals surface area contributed by atoms with Crippen LogP contribution in [0.3, 0.4) is 0 Å². The van der Waals surface area contributed by atoms with E-state index in [1.807, 2.05) is 24.3 Å². The second kappa shape index (κ2) is 9.20. The Kier molecular flexibility index (Phi) is 6.45. The van der Waals surface area contributed by atoms with E-state index >= 15 is 0 Å². The molecule has 0 radical (unpaired) electrons. The van der Waals surface area contributed by atoms with E-state index in [9.17, 15) is 4.79 Å². The molecule has 1 amide bonds. The third kappa shape index (κ3) is 5.74. The summed E-state index contributed by atoms with van der Waals surface area (Å²) >= 11 is 1.71. The van der Waals surface area contributed by atoms with Gasteiger partial charge in [-0.15, -0.1) is 11.8 Å². The van der Waals surface area contributed by atoms with Gasteiger partial charge in [0.05, 0.1) is 0 Å². The number of hydrogen-bond donors (Lipinski definition) is 1. The summed E-state index contributed by atoms with van der Waals surface area (Å²) in [6, 6.07) is 20.4. The molecule has 0 aliphatic rings. The monoisotopic (exact) mass is 362 g/mol. The Labute approximate surface area is 158 Å². The van der Waals surface area contributed by atoms with E-state index in [0.717, 1.165) is 17.9 Å². The topological polar surface area (TPSA) is 42.0 Å². The Hall–Kier alpha value is -2.59. The molecule has 4 heteroatoms. The molecule has 132 valence electrons. The van der Waals surface area contributed by atoms with Crippen molar-refractivity contribution >= 4 is 23.4 Å². The van der Waals surface area contributed by atoms with Crippen molar-refractivity contribution in [2.24, 2.45) is 0 Å². The third-order valence-electron chi connectivity index (χ3n) is 4.01. The Morgan fingerprint density at radius 1 is 0.923 bits per heavy atom. The van der Waals surface area contributed by atoms with Crippen molar-refractivity contribution in [2.75, 3.05) is 11.1 Å². The van der Waals surface area contributed by atoms with Crippen molar-refractivity contribution < 1.29 is 4.79 Å². The molecule has 3 aromatic rings. The number of hydrogen-bond acceptors (Lipinski definition) is 3. The summed E-state index contributed by atoms with van der Waals surface area (Å²) in [7, 11) is 0. The van der Waals surface area contributed by atoms with Gasteiger partial charge in [-0.3, -0.25) is 9.78 Å². The van der Waals surface area contributed by atoms with Gasteiger partial charge in [0.1, 0.15) is 0 Å². The molecule has 0 fully saturated rings. The fourth-order valence-corrected chi connectivity index (χ4v) is 3.41. The van der Waals surface area contributed by atoms with Crippen LogP contribution in [0.4, 0.5) is 5.69 Å². The highest BCUT2D eigenvalue weighted by molar-refractivity contribution is 7.99. The lowest BCUT2D eigenvalue weighted by molar-refractivity contribution is -0.115. The maximum atomic E-state index is 12.1. The summed E-state index contributed by atoms with van der Waals surface area (Å²) < 4.78 is 0. The molecule has 0 unspecified atom stereocenters. The number of carbonyl (C=O) groups excluding carboxylic acids is 1. The molecule has 1 heterocycles. The van der Waals surface area contributed by atoms with E-state index in [1.165, 1.54) is 21.6 Å². The van der Waals surface area contributed by atoms with Gasteiger partial charge < -0.3 is 5.32 Å². The Balaban J connectivity index is 1.44. The number of anilines is 1. The fourth-order valence-electron chi connectivity index (χ4n) is 2.56. The van der Waals surface area contributed by atoms with Crippen molar-refractivity contribution in [1.29, 1.82) is 0 Å². The van der Waals surface area contributed by atoms with Crippen LogP contribution in [0.25, 0.3) is 0 Å². The van der Waals surface area contributed by atoms with E-state index in [-0.39, 0.29) is 5.91 Å². The van der Waals surface area contributed by atoms with E-state index < -0.39 is 0 Å². The summed E-state index contributed by atoms with van der Waals surface area (Å²) in [5.74, 6) is 0.821. The first kappa shape index (κ1) is 18.2. The molecule has 0 bridgehead atoms. The Bertz CT molecular complexity index is 830. The number of rotatable bonds is 7. The molecule has 1 aromatic heterocycles. The van der Waals surface area contributed by atoms with Crippen LogP contribution in [0.1, 0.15) is 23.1 Å². The Morgan fingerprint density at radius 2 is 1.58 bits per heavy atom. The summed E-state index contributed by atoms with van der Waals surface area (Å²) in [6.07, 6.45) is 4.97. The molecule has 0 aliphatic heterocycles. The van der Waals surface area contributed by atoms with Crippen LogP contribution in [-0.4, -0.2) is 16.6 Å². The van der Waals surface area contributed by atoms with Crippen molar-refractivity contribution in [2.45, 2.75) is 24.7 Å². The number of thioether (sulfide) groups is 1. The van der Waals surface area contributed by atoms with Crippen molar-refractivity contribution in [3.63, 3.8) is 0 Å². The van der Waals surface area contributed by atoms with Crippen LogP contribution in [-0.2, 0) is 11.2 Å². The SMILES string of the molecule is Cc1ccc(SCCC(=O)Nc2ccc(Cc3ccncc3)cc2)cc1. The van der Waals surface area contributed by atoms with Gasteiger partial charge in [0.2, 0.25) is 5.91 Å². The molecule has 0 spiro atoms. The van der Waals surface area contributed by atoms with Gasteiger partial charge in [-0.25, -0.2) is 0 Å². The molecule has 1 N–H and O–H groups in total. The molecular formula is C22H22N2OS. The normalized spacial score (nSPS) is 10.5. The predicted octanol–water partition coefficient (Wildman–Crippen LogP) is 5.10. The van der Waals surface area contributed by atoms with Crippen LogP contribution >= 0.6 is 11.8 Å². The minimum Gasteiger partial charge on any atom is -0.326 e. The minimum atomic E-state index is 0.0477. The van der Waals surface area contributed by atoms with E-state index in [0.29, 0.717) is 6.42 Å². The largest absolute Gasteiger partial charge is 0.326 e. The van der Waals surface area contributed by atoms with Gasteiger partial charge in [0.25, 0.3) is 0 Å². The van der Waals surface area contributed by atoms with Crippen LogP contribution in [0, 0.1) is 6.92 Å². The smallest absolute Gasteiger partial charge is 0.225 e. The van der Waals surface area contributed by atoms with Gasteiger partial charge in [0, 0.05) is 35.2 Å². The summed E-state index contributed by atoms with van der Waals surface area (Å²) in [5.41, 5.74) is 4.53. The van der Waals surface area contributed by atoms with Crippen molar-refractivity contribution in [3.8, 4) is 0 Å². The molecule has 26 heavy (non-hydrogen) atoms. The average molecular weight is 362 g/mol. The number of pyridine rings is 1. The molecule has 0 saturated heterocycles. The number of aryl methyl sites for hydroxylation is 1. The lowest BCUT2D eigenvalue weighted by atomic mass is 10.1. The number of nitrogens with zero attached hydrogens (tertiary/aromatic N) is 1. The highest BCUT2D eigenvalue weighted by atomic mass is 32.2. The van der Waals surface area contributed by atoms with Crippen molar-refractivity contribution in [3.05, 3.63) is 89.7 Å². The Morgan fingerprint density at radius 3 is 2.27 bits per heavy atom. The first-order chi connectivity index (χ1) is 12.7. The molecule has 2 aromatic carbocycles. The zero-order valence-corrected chi connectivity index (χ0v) is 15.6. The van der Waals surface area contributed by atoms with Gasteiger partial charge in [-0.1, -0.05) is 29.8 Å². The second-order valence-electron chi connectivity index (χ2n) is 6.19. The first-order valence-electron chi connectivity index (χ1n) is 8.66. The number of nitrogens with one attached hydrogen (secondary N) is 1. The van der Waals surface area contributed by atoms with Gasteiger partial charge >= 0.3 is 0 Å². The van der Waals surface area contributed by atoms with Gasteiger partial charge in [-0.05, 0) is 60.9 Å². The third-order valence-corrected chi connectivity index (χ3v) is 5.03. The van der Waals surface area contributed by atoms with Crippen molar-refractivity contribution in [1.82, 2.24) is 4.98 Å². The maximum absolute atomic E-state index is 12.1. The summed E-state index contributed by atoms with van der Waals surface area (Å²) in [4.78, 5) is 17.3. The number of benzene rings is 2. The fraction of sp³-hybridized carbons (Fsp3) is 0.182. The zero-order chi connectivity index (χ0) is 18.2. The van der Waals surface area contributed by atoms with Crippen LogP contribution < -0.4 is 5.32 Å². The van der Waals surface area contributed by atoms with Gasteiger partial charge in [-0.2, -0.15) is 0 Å². The summed E-state index contributed by atoms with van der Waals surface area (Å²) in [5, 5.41) is 2.97. The number of aromatic nitrogens is 1. The lowest BCUT2D eigenvalue weighted by Crippen LogP contribution is -2.12. The maximum Gasteiger partial charge on any atom is 0.225 e. The second-order valence-corrected chi connectivity index (χ2v) is 7.36. The average Bonchev–Trinajstić information content (AvgIpc) is 2.66. The molecular weight excluding hydrogens is 340 g/mol. The quantitative estimate of drug-likeness (QED) is 0.595. The van der Waals surface area contributed by atoms with E-state index in [4.69, 9.17) is 0 Å². The lowest BCUT2D eigenvalue weighted by Gasteiger charge is -2.07. The van der Waals surface area contributed by atoms with Crippen LogP contribution in [0.5, 0.6) is 0 Å². The molecule has 0 atom stereocenters. The molecule has 0 saturated carbocycles. The number of carbonyl (C=O) groups is 1. The predicted molar refractivity (Wildman–Crippen MR) is 109 cm³/mol. The first-order valence-corrected chi connectivity index (χ1v) is 9.65. The highest BCUT2D eigenvalue weighted by Gasteiger charge is 2.04. The van der Waals surface area contributed by atoms with Crippen LogP contribution in [0.2, 0.25) is 0 Å². The van der Waals surface area contributed by atoms with E-state index in [2.05, 4.69) is 53.6 Å².